The Bertz CT molecular complexity index is 346. The Morgan fingerprint density at radius 1 is 1.47 bits per heavy atom. The van der Waals surface area contributed by atoms with E-state index < -0.39 is 12.1 Å². The highest BCUT2D eigenvalue weighted by molar-refractivity contribution is 5.84. The molecule has 0 spiro atoms. The lowest BCUT2D eigenvalue weighted by molar-refractivity contribution is 0.0640. The smallest absolute Gasteiger partial charge is 0.371 e. The van der Waals surface area contributed by atoms with Crippen LogP contribution in [0.5, 0.6) is 0 Å². The topological polar surface area (TPSA) is 70.7 Å². The highest BCUT2D eigenvalue weighted by Crippen LogP contribution is 2.29. The molecule has 1 rings (SSSR count). The summed E-state index contributed by atoms with van der Waals surface area (Å²) in [5.41, 5.74) is -0.0321. The molecule has 0 aromatic carbocycles. The van der Waals surface area contributed by atoms with Crippen LogP contribution in [0.4, 0.5) is 0 Å². The molecular formula is C11H16O4. The van der Waals surface area contributed by atoms with Gasteiger partial charge in [-0.15, -0.1) is 0 Å². The number of aliphatic hydroxyl groups is 1. The molecule has 0 bridgehead atoms. The molecular weight excluding hydrogens is 196 g/mol. The van der Waals surface area contributed by atoms with Crippen molar-refractivity contribution in [3.8, 4) is 0 Å². The third-order valence-electron chi connectivity index (χ3n) is 1.97. The molecule has 0 amide bonds. The highest BCUT2D eigenvalue weighted by atomic mass is 16.4. The van der Waals surface area contributed by atoms with Crippen molar-refractivity contribution in [1.29, 1.82) is 0 Å². The van der Waals surface area contributed by atoms with Crippen LogP contribution in [-0.4, -0.2) is 16.2 Å². The number of hydrogen-bond donors (Lipinski definition) is 2. The van der Waals surface area contributed by atoms with Crippen LogP contribution in [0, 0.1) is 5.41 Å². The molecule has 0 saturated carbocycles. The quantitative estimate of drug-likeness (QED) is 0.807. The van der Waals surface area contributed by atoms with Gasteiger partial charge in [0.15, 0.2) is 0 Å². The van der Waals surface area contributed by atoms with Gasteiger partial charge in [0, 0.05) is 0 Å². The van der Waals surface area contributed by atoms with Crippen LogP contribution in [0.3, 0.4) is 0 Å². The minimum atomic E-state index is -1.12. The number of rotatable bonds is 3. The maximum atomic E-state index is 10.5. The Hall–Kier alpha value is -1.29. The minimum Gasteiger partial charge on any atom is -0.475 e. The molecule has 0 aliphatic heterocycles. The number of aromatic carboxylic acids is 1. The standard InChI is InChI=1S/C11H16O4/c1-11(2,3)6-7(12)8-4-5-9(15-8)10(13)14/h4-5,7,12H,6H2,1-3H3,(H,13,14). The molecule has 1 aromatic rings. The Balaban J connectivity index is 2.74. The van der Waals surface area contributed by atoms with E-state index in [4.69, 9.17) is 9.52 Å². The van der Waals surface area contributed by atoms with Gasteiger partial charge in [0.05, 0.1) is 0 Å². The fraction of sp³-hybridized carbons (Fsp3) is 0.545. The average molecular weight is 212 g/mol. The van der Waals surface area contributed by atoms with Gasteiger partial charge in [-0.3, -0.25) is 0 Å². The first-order valence-corrected chi connectivity index (χ1v) is 4.81. The van der Waals surface area contributed by atoms with E-state index in [1.807, 2.05) is 20.8 Å². The first-order valence-electron chi connectivity index (χ1n) is 4.81. The largest absolute Gasteiger partial charge is 0.475 e. The zero-order chi connectivity index (χ0) is 11.6. The summed E-state index contributed by atoms with van der Waals surface area (Å²) in [6.45, 7) is 5.99. The minimum absolute atomic E-state index is 0.0321. The summed E-state index contributed by atoms with van der Waals surface area (Å²) >= 11 is 0. The summed E-state index contributed by atoms with van der Waals surface area (Å²) in [5, 5.41) is 18.4. The summed E-state index contributed by atoms with van der Waals surface area (Å²) in [4.78, 5) is 10.5. The maximum Gasteiger partial charge on any atom is 0.371 e. The van der Waals surface area contributed by atoms with E-state index in [1.54, 1.807) is 0 Å². The molecule has 4 nitrogen and oxygen atoms in total. The summed E-state index contributed by atoms with van der Waals surface area (Å²) < 4.78 is 5.00. The van der Waals surface area contributed by atoms with E-state index in [2.05, 4.69) is 0 Å². The number of carboxylic acid groups (broad SMARTS) is 1. The Kier molecular flexibility index (Phi) is 3.19. The molecule has 0 fully saturated rings. The molecule has 1 aromatic heterocycles. The van der Waals surface area contributed by atoms with Crippen molar-refractivity contribution in [3.05, 3.63) is 23.7 Å². The van der Waals surface area contributed by atoms with Crippen LogP contribution in [-0.2, 0) is 0 Å². The van der Waals surface area contributed by atoms with Crippen molar-refractivity contribution >= 4 is 5.97 Å². The van der Waals surface area contributed by atoms with Crippen molar-refractivity contribution in [3.63, 3.8) is 0 Å². The second-order valence-corrected chi connectivity index (χ2v) is 4.79. The fourth-order valence-corrected chi connectivity index (χ4v) is 1.33. The average Bonchev–Trinajstić information content (AvgIpc) is 2.47. The van der Waals surface area contributed by atoms with Crippen molar-refractivity contribution in [2.75, 3.05) is 0 Å². The van der Waals surface area contributed by atoms with Crippen LogP contribution in [0.25, 0.3) is 0 Å². The first-order chi connectivity index (χ1) is 6.79. The van der Waals surface area contributed by atoms with E-state index in [1.165, 1.54) is 12.1 Å². The second kappa shape index (κ2) is 4.06. The van der Waals surface area contributed by atoms with Gasteiger partial charge in [0.1, 0.15) is 11.9 Å². The van der Waals surface area contributed by atoms with E-state index in [-0.39, 0.29) is 11.2 Å². The van der Waals surface area contributed by atoms with Gasteiger partial charge in [-0.05, 0) is 24.0 Å². The lowest BCUT2D eigenvalue weighted by atomic mass is 9.88. The molecule has 15 heavy (non-hydrogen) atoms. The lowest BCUT2D eigenvalue weighted by Gasteiger charge is -2.20. The van der Waals surface area contributed by atoms with Gasteiger partial charge in [-0.2, -0.15) is 0 Å². The van der Waals surface area contributed by atoms with E-state index in [0.29, 0.717) is 12.2 Å². The van der Waals surface area contributed by atoms with E-state index in [0.717, 1.165) is 0 Å². The summed E-state index contributed by atoms with van der Waals surface area (Å²) in [5.74, 6) is -0.954. The van der Waals surface area contributed by atoms with Crippen LogP contribution >= 0.6 is 0 Å². The third kappa shape index (κ3) is 3.40. The zero-order valence-corrected chi connectivity index (χ0v) is 9.15. The molecule has 0 saturated heterocycles. The number of carboxylic acids is 1. The van der Waals surface area contributed by atoms with Crippen LogP contribution in [0.15, 0.2) is 16.5 Å². The predicted octanol–water partition coefficient (Wildman–Crippen LogP) is 2.45. The van der Waals surface area contributed by atoms with Crippen molar-refractivity contribution in [1.82, 2.24) is 0 Å². The van der Waals surface area contributed by atoms with Gasteiger partial charge in [-0.1, -0.05) is 20.8 Å². The summed E-state index contributed by atoms with van der Waals surface area (Å²) in [6, 6.07) is 2.85. The fourth-order valence-electron chi connectivity index (χ4n) is 1.33. The Morgan fingerprint density at radius 3 is 2.47 bits per heavy atom. The normalized spacial score (nSPS) is 13.9. The van der Waals surface area contributed by atoms with Crippen molar-refractivity contribution < 1.29 is 19.4 Å². The monoisotopic (exact) mass is 212 g/mol. The zero-order valence-electron chi connectivity index (χ0n) is 9.15. The molecule has 4 heteroatoms. The molecule has 84 valence electrons. The second-order valence-electron chi connectivity index (χ2n) is 4.79. The first kappa shape index (κ1) is 11.8. The summed E-state index contributed by atoms with van der Waals surface area (Å²) in [7, 11) is 0. The lowest BCUT2D eigenvalue weighted by Crippen LogP contribution is -2.11. The molecule has 0 radical (unpaired) electrons. The van der Waals surface area contributed by atoms with E-state index >= 15 is 0 Å². The van der Waals surface area contributed by atoms with Crippen LogP contribution < -0.4 is 0 Å². The van der Waals surface area contributed by atoms with Gasteiger partial charge >= 0.3 is 5.97 Å². The van der Waals surface area contributed by atoms with Crippen LogP contribution in [0.2, 0.25) is 0 Å². The van der Waals surface area contributed by atoms with E-state index in [9.17, 15) is 9.90 Å². The number of aliphatic hydroxyl groups excluding tert-OH is 1. The SMILES string of the molecule is CC(C)(C)CC(O)c1ccc(C(=O)O)o1. The maximum absolute atomic E-state index is 10.5. The van der Waals surface area contributed by atoms with Crippen LogP contribution in [0.1, 0.15) is 49.6 Å². The summed E-state index contributed by atoms with van der Waals surface area (Å²) in [6.07, 6.45) is -0.224. The third-order valence-corrected chi connectivity index (χ3v) is 1.97. The number of furan rings is 1. The van der Waals surface area contributed by atoms with Gasteiger partial charge < -0.3 is 14.6 Å². The molecule has 1 heterocycles. The molecule has 1 atom stereocenters. The Morgan fingerprint density at radius 2 is 2.07 bits per heavy atom. The van der Waals surface area contributed by atoms with Crippen molar-refractivity contribution in [2.24, 2.45) is 5.41 Å². The van der Waals surface area contributed by atoms with Crippen molar-refractivity contribution in [2.45, 2.75) is 33.3 Å². The number of hydrogen-bond acceptors (Lipinski definition) is 3. The molecule has 1 unspecified atom stereocenters. The van der Waals surface area contributed by atoms with Gasteiger partial charge in [0.25, 0.3) is 0 Å². The van der Waals surface area contributed by atoms with Gasteiger partial charge in [0.2, 0.25) is 5.76 Å². The van der Waals surface area contributed by atoms with Gasteiger partial charge in [-0.25, -0.2) is 4.79 Å². The molecule has 0 aliphatic rings. The molecule has 0 aliphatic carbocycles. The highest BCUT2D eigenvalue weighted by Gasteiger charge is 2.21. The number of carbonyl (C=O) groups is 1. The predicted molar refractivity (Wildman–Crippen MR) is 54.7 cm³/mol. The Labute approximate surface area is 88.5 Å². The molecule has 2 N–H and O–H groups in total.